The van der Waals surface area contributed by atoms with Crippen LogP contribution in [0.2, 0.25) is 0 Å². The zero-order valence-corrected chi connectivity index (χ0v) is 25.3. The Balaban J connectivity index is 0.00000304. The molecule has 0 aromatic rings. The molecule has 192 valence electrons. The van der Waals surface area contributed by atoms with Gasteiger partial charge in [-0.3, -0.25) is 9.59 Å². The number of rotatable bonds is 6. The Morgan fingerprint density at radius 1 is 1.33 bits per heavy atom. The molecule has 1 heterocycles. The number of carboxylic acids is 1. The third-order valence-electron chi connectivity index (χ3n) is 10.7. The second kappa shape index (κ2) is 9.10. The fraction of sp³-hybridized carbons (Fsp3) is 0.750. The summed E-state index contributed by atoms with van der Waals surface area (Å²) < 4.78 is 12.5. The molecular formula is C28H37KO7. The van der Waals surface area contributed by atoms with E-state index in [4.69, 9.17) is 9.47 Å². The second-order valence-corrected chi connectivity index (χ2v) is 12.3. The van der Waals surface area contributed by atoms with Crippen LogP contribution in [0, 0.1) is 28.1 Å². The van der Waals surface area contributed by atoms with Crippen LogP contribution in [0.3, 0.4) is 0 Å². The SMILES string of the molecule is C=C[C@@]12[C@H](C(=O)OC(C)C)CC3=CC(=O)CC[C@]3(C)[C@]13O[C@@H]3C[C@@]1(C)[C@H]2CC[C@@]1(O)CCC(=O)[O-].[K+]. The largest absolute Gasteiger partial charge is 1.00 e. The van der Waals surface area contributed by atoms with Crippen molar-refractivity contribution in [3.05, 3.63) is 24.3 Å². The van der Waals surface area contributed by atoms with Crippen LogP contribution >= 0.6 is 0 Å². The van der Waals surface area contributed by atoms with Gasteiger partial charge in [0.2, 0.25) is 0 Å². The molecule has 8 atom stereocenters. The standard InChI is InChI=1S/C28H38O7.K/c1-6-27-19(23(32)34-16(2)3)14-17-13-18(29)7-10-24(17,4)28(27)21(35-28)15-25(5)20(27)8-11-26(25,33)12-9-22(30)31;/h6,13,16,19-21,33H,1,7-12,14-15H2,2-5H3,(H,30,31);/q;+1/p-1/t19-,20+,21+,24-,25-,26+,27-,28-;/m0./s1. The molecule has 0 bridgehead atoms. The van der Waals surface area contributed by atoms with E-state index in [-0.39, 0.29) is 94.1 Å². The summed E-state index contributed by atoms with van der Waals surface area (Å²) in [7, 11) is 0. The van der Waals surface area contributed by atoms with E-state index in [9.17, 15) is 24.6 Å². The van der Waals surface area contributed by atoms with E-state index in [1.54, 1.807) is 6.08 Å². The number of carboxylic acid groups (broad SMARTS) is 1. The number of aliphatic hydroxyl groups is 1. The van der Waals surface area contributed by atoms with Gasteiger partial charge in [-0.15, -0.1) is 6.58 Å². The van der Waals surface area contributed by atoms with E-state index < -0.39 is 39.3 Å². The summed E-state index contributed by atoms with van der Waals surface area (Å²) >= 11 is 0. The van der Waals surface area contributed by atoms with Gasteiger partial charge in [-0.2, -0.15) is 0 Å². The molecule has 1 saturated heterocycles. The number of hydrogen-bond donors (Lipinski definition) is 1. The molecule has 1 N–H and O–H groups in total. The van der Waals surface area contributed by atoms with Crippen LogP contribution in [0.25, 0.3) is 0 Å². The Bertz CT molecular complexity index is 1040. The molecule has 1 aliphatic heterocycles. The number of carbonyl (C=O) groups is 3. The van der Waals surface area contributed by atoms with E-state index in [0.29, 0.717) is 38.5 Å². The Kier molecular flexibility index (Phi) is 7.24. The fourth-order valence-electron chi connectivity index (χ4n) is 9.08. The monoisotopic (exact) mass is 524 g/mol. The molecule has 0 radical (unpaired) electrons. The molecule has 0 amide bonds. The molecular weight excluding hydrogens is 487 g/mol. The number of hydrogen-bond acceptors (Lipinski definition) is 7. The van der Waals surface area contributed by atoms with Gasteiger partial charge in [-0.25, -0.2) is 0 Å². The smallest absolute Gasteiger partial charge is 0.550 e. The van der Waals surface area contributed by atoms with Crippen molar-refractivity contribution >= 4 is 17.7 Å². The molecule has 1 spiro atoms. The van der Waals surface area contributed by atoms with Crippen LogP contribution in [0.4, 0.5) is 0 Å². The van der Waals surface area contributed by atoms with Crippen LogP contribution in [-0.2, 0) is 23.9 Å². The normalized spacial score (nSPS) is 46.3. The average molecular weight is 525 g/mol. The Hall–Kier alpha value is -0.354. The molecule has 5 rings (SSSR count). The number of ether oxygens (including phenoxy) is 2. The third-order valence-corrected chi connectivity index (χ3v) is 10.7. The van der Waals surface area contributed by atoms with Crippen molar-refractivity contribution in [1.29, 1.82) is 0 Å². The molecule has 0 aromatic carbocycles. The van der Waals surface area contributed by atoms with Crippen molar-refractivity contribution in [1.82, 2.24) is 0 Å². The average Bonchev–Trinajstić information content (AvgIpc) is 3.44. The number of fused-ring (bicyclic) bond motifs is 3. The van der Waals surface area contributed by atoms with Gasteiger partial charge >= 0.3 is 57.4 Å². The Morgan fingerprint density at radius 2 is 2.03 bits per heavy atom. The minimum atomic E-state index is -1.21. The van der Waals surface area contributed by atoms with Crippen LogP contribution < -0.4 is 56.5 Å². The quantitative estimate of drug-likeness (QED) is 0.219. The number of epoxide rings is 1. The summed E-state index contributed by atoms with van der Waals surface area (Å²) in [6, 6.07) is 0. The molecule has 5 aliphatic rings. The van der Waals surface area contributed by atoms with Gasteiger partial charge in [0.1, 0.15) is 5.60 Å². The first kappa shape index (κ1) is 28.6. The zero-order chi connectivity index (χ0) is 25.6. The zero-order valence-electron chi connectivity index (χ0n) is 22.2. The summed E-state index contributed by atoms with van der Waals surface area (Å²) in [5.41, 5.74) is -2.88. The minimum absolute atomic E-state index is 0. The molecule has 7 nitrogen and oxygen atoms in total. The topological polar surface area (TPSA) is 116 Å². The number of ketones is 1. The first-order valence-electron chi connectivity index (χ1n) is 13.0. The van der Waals surface area contributed by atoms with Gasteiger partial charge in [-0.1, -0.05) is 25.5 Å². The summed E-state index contributed by atoms with van der Waals surface area (Å²) in [6.45, 7) is 12.1. The van der Waals surface area contributed by atoms with E-state index >= 15 is 0 Å². The van der Waals surface area contributed by atoms with Crippen LogP contribution in [-0.4, -0.2) is 46.2 Å². The first-order valence-corrected chi connectivity index (χ1v) is 13.0. The maximum absolute atomic E-state index is 13.7. The molecule has 8 heteroatoms. The summed E-state index contributed by atoms with van der Waals surface area (Å²) in [6.07, 6.45) is 6.08. The van der Waals surface area contributed by atoms with Gasteiger partial charge in [0.25, 0.3) is 0 Å². The van der Waals surface area contributed by atoms with E-state index in [0.717, 1.165) is 5.57 Å². The molecule has 0 aromatic heterocycles. The summed E-state index contributed by atoms with van der Waals surface area (Å²) in [5, 5.41) is 23.2. The van der Waals surface area contributed by atoms with Crippen molar-refractivity contribution in [3.63, 3.8) is 0 Å². The predicted molar refractivity (Wildman–Crippen MR) is 125 cm³/mol. The van der Waals surface area contributed by atoms with Gasteiger partial charge < -0.3 is 24.5 Å². The maximum atomic E-state index is 13.7. The molecule has 3 saturated carbocycles. The second-order valence-electron chi connectivity index (χ2n) is 12.3. The van der Waals surface area contributed by atoms with Gasteiger partial charge in [0, 0.05) is 28.6 Å². The molecule has 36 heavy (non-hydrogen) atoms. The van der Waals surface area contributed by atoms with Crippen LogP contribution in [0.1, 0.15) is 79.1 Å². The summed E-state index contributed by atoms with van der Waals surface area (Å²) in [4.78, 5) is 37.5. The fourth-order valence-corrected chi connectivity index (χ4v) is 9.08. The molecule has 4 fully saturated rings. The maximum Gasteiger partial charge on any atom is 1.00 e. The van der Waals surface area contributed by atoms with Crippen molar-refractivity contribution in [2.45, 2.75) is 102 Å². The molecule has 0 unspecified atom stereocenters. The Labute approximate surface area is 255 Å². The van der Waals surface area contributed by atoms with Crippen molar-refractivity contribution < 1.29 is 85.5 Å². The van der Waals surface area contributed by atoms with Gasteiger partial charge in [-0.05, 0) is 70.8 Å². The predicted octanol–water partition coefficient (Wildman–Crippen LogP) is -0.351. The van der Waals surface area contributed by atoms with Crippen LogP contribution in [0.15, 0.2) is 24.3 Å². The minimum Gasteiger partial charge on any atom is -0.550 e. The van der Waals surface area contributed by atoms with Gasteiger partial charge in [0.15, 0.2) is 5.78 Å². The van der Waals surface area contributed by atoms with Crippen molar-refractivity contribution in [3.8, 4) is 0 Å². The van der Waals surface area contributed by atoms with E-state index in [1.165, 1.54) is 0 Å². The number of carbonyl (C=O) groups excluding carboxylic acids is 3. The van der Waals surface area contributed by atoms with E-state index in [2.05, 4.69) is 13.5 Å². The molecule has 4 aliphatic carbocycles. The first-order chi connectivity index (χ1) is 16.3. The van der Waals surface area contributed by atoms with Crippen LogP contribution in [0.5, 0.6) is 0 Å². The third kappa shape index (κ3) is 3.47. The number of aliphatic carboxylic acids is 1. The van der Waals surface area contributed by atoms with Crippen molar-refractivity contribution in [2.75, 3.05) is 0 Å². The number of esters is 1. The van der Waals surface area contributed by atoms with Gasteiger partial charge in [0.05, 0.1) is 23.7 Å². The van der Waals surface area contributed by atoms with E-state index in [1.807, 2.05) is 26.8 Å². The van der Waals surface area contributed by atoms with Crippen molar-refractivity contribution in [2.24, 2.45) is 28.1 Å². The Morgan fingerprint density at radius 3 is 2.64 bits per heavy atom. The summed E-state index contributed by atoms with van der Waals surface area (Å²) in [5.74, 6) is -2.19.